The van der Waals surface area contributed by atoms with E-state index in [1.54, 1.807) is 36.4 Å². The van der Waals surface area contributed by atoms with E-state index in [2.05, 4.69) is 10.6 Å². The summed E-state index contributed by atoms with van der Waals surface area (Å²) in [4.78, 5) is 49.7. The van der Waals surface area contributed by atoms with E-state index in [-0.39, 0.29) is 28.2 Å². The topological polar surface area (TPSA) is 133 Å². The number of para-hydroxylation sites is 3. The van der Waals surface area contributed by atoms with Crippen molar-refractivity contribution in [1.29, 1.82) is 0 Å². The highest BCUT2D eigenvalue weighted by molar-refractivity contribution is 6.23. The van der Waals surface area contributed by atoms with Crippen LogP contribution in [0, 0.1) is 0 Å². The van der Waals surface area contributed by atoms with Crippen LogP contribution in [0.4, 0.5) is 11.5 Å². The molecule has 0 radical (unpaired) electrons. The van der Waals surface area contributed by atoms with E-state index in [1.807, 2.05) is 0 Å². The molecule has 0 bridgehead atoms. The van der Waals surface area contributed by atoms with Crippen LogP contribution >= 0.6 is 0 Å². The first-order chi connectivity index (χ1) is 14.4. The molecule has 0 saturated heterocycles. The molecule has 1 aliphatic heterocycles. The highest BCUT2D eigenvalue weighted by atomic mass is 16.5. The lowest BCUT2D eigenvalue weighted by Gasteiger charge is -2.16. The molecule has 1 aromatic heterocycles. The van der Waals surface area contributed by atoms with Gasteiger partial charge in [-0.2, -0.15) is 0 Å². The first-order valence-corrected chi connectivity index (χ1v) is 8.87. The summed E-state index contributed by atoms with van der Waals surface area (Å²) < 4.78 is 6.28. The number of nitrogens with one attached hydrogen (secondary N) is 2. The fourth-order valence-corrected chi connectivity index (χ4v) is 3.33. The van der Waals surface area contributed by atoms with E-state index in [9.17, 15) is 19.2 Å². The van der Waals surface area contributed by atoms with Gasteiger partial charge in [-0.3, -0.25) is 29.1 Å². The van der Waals surface area contributed by atoms with Crippen molar-refractivity contribution >= 4 is 29.2 Å². The molecule has 3 amide bonds. The second kappa shape index (κ2) is 7.21. The summed E-state index contributed by atoms with van der Waals surface area (Å²) in [7, 11) is 1.48. The maximum Gasteiger partial charge on any atom is 0.262 e. The zero-order chi connectivity index (χ0) is 21.4. The van der Waals surface area contributed by atoms with Gasteiger partial charge in [-0.05, 0) is 24.3 Å². The van der Waals surface area contributed by atoms with Crippen LogP contribution in [0.2, 0.25) is 0 Å². The fraction of sp³-hybridized carbons (Fsp3) is 0.0476. The van der Waals surface area contributed by atoms with Gasteiger partial charge in [-0.1, -0.05) is 24.3 Å². The van der Waals surface area contributed by atoms with Gasteiger partial charge in [-0.25, -0.2) is 0 Å². The largest absolute Gasteiger partial charge is 0.495 e. The van der Waals surface area contributed by atoms with E-state index in [1.165, 1.54) is 19.2 Å². The molecule has 0 spiro atoms. The Hall–Kier alpha value is -4.40. The third-order valence-corrected chi connectivity index (χ3v) is 4.70. The smallest absolute Gasteiger partial charge is 0.262 e. The number of rotatable bonds is 4. The van der Waals surface area contributed by atoms with Crippen molar-refractivity contribution in [2.24, 2.45) is 0 Å². The summed E-state index contributed by atoms with van der Waals surface area (Å²) in [5, 5.41) is 4.85. The number of pyridine rings is 1. The van der Waals surface area contributed by atoms with Crippen molar-refractivity contribution in [3.63, 3.8) is 0 Å². The third-order valence-electron chi connectivity index (χ3n) is 4.70. The molecule has 2 aromatic carbocycles. The Labute approximate surface area is 170 Å². The predicted octanol–water partition coefficient (Wildman–Crippen LogP) is 1.56. The van der Waals surface area contributed by atoms with E-state index in [4.69, 9.17) is 10.5 Å². The zero-order valence-electron chi connectivity index (χ0n) is 15.8. The van der Waals surface area contributed by atoms with Crippen molar-refractivity contribution in [2.45, 2.75) is 0 Å². The number of nitrogen functional groups attached to an aromatic ring is 1. The van der Waals surface area contributed by atoms with Crippen molar-refractivity contribution < 1.29 is 19.1 Å². The quantitative estimate of drug-likeness (QED) is 0.566. The summed E-state index contributed by atoms with van der Waals surface area (Å²) in [6.07, 6.45) is 0. The molecule has 1 aliphatic rings. The van der Waals surface area contributed by atoms with Crippen molar-refractivity contribution in [1.82, 2.24) is 9.88 Å². The normalized spacial score (nSPS) is 12.3. The van der Waals surface area contributed by atoms with Crippen LogP contribution < -0.4 is 26.7 Å². The number of amides is 3. The van der Waals surface area contributed by atoms with Crippen LogP contribution in [0.1, 0.15) is 31.1 Å². The molecule has 0 saturated carbocycles. The molecule has 3 aromatic rings. The van der Waals surface area contributed by atoms with E-state index >= 15 is 0 Å². The minimum absolute atomic E-state index is 0.0882. The van der Waals surface area contributed by atoms with Gasteiger partial charge in [0.15, 0.2) is 0 Å². The molecular weight excluding hydrogens is 388 g/mol. The lowest BCUT2D eigenvalue weighted by Crippen LogP contribution is -2.26. The van der Waals surface area contributed by atoms with E-state index in [0.29, 0.717) is 11.4 Å². The average Bonchev–Trinajstić information content (AvgIpc) is 3.02. The number of fused-ring (bicyclic) bond motifs is 1. The monoisotopic (exact) mass is 404 g/mol. The van der Waals surface area contributed by atoms with Gasteiger partial charge in [0.1, 0.15) is 11.6 Å². The molecule has 150 valence electrons. The highest BCUT2D eigenvalue weighted by Crippen LogP contribution is 2.27. The first kappa shape index (κ1) is 18.9. The highest BCUT2D eigenvalue weighted by Gasteiger charge is 2.32. The fourth-order valence-electron chi connectivity index (χ4n) is 3.33. The van der Waals surface area contributed by atoms with Crippen LogP contribution in [0.5, 0.6) is 5.75 Å². The number of hydrogen-bond acceptors (Lipinski definition) is 6. The summed E-state index contributed by atoms with van der Waals surface area (Å²) in [5.41, 5.74) is 6.01. The maximum absolute atomic E-state index is 13.0. The maximum atomic E-state index is 13.0. The molecule has 0 unspecified atom stereocenters. The summed E-state index contributed by atoms with van der Waals surface area (Å²) in [6, 6.07) is 14.2. The van der Waals surface area contributed by atoms with Crippen LogP contribution in [0.3, 0.4) is 0 Å². The molecule has 2 heterocycles. The number of carbonyl (C=O) groups excluding carboxylic acids is 3. The van der Waals surface area contributed by atoms with Gasteiger partial charge >= 0.3 is 0 Å². The van der Waals surface area contributed by atoms with Gasteiger partial charge in [0.25, 0.3) is 23.3 Å². The summed E-state index contributed by atoms with van der Waals surface area (Å²) in [5.74, 6) is -1.65. The number of hydrogen-bond donors (Lipinski definition) is 3. The standard InChI is InChI=1S/C21H16N4O5/c1-30-15-9-5-3-7-13(15)23-19(27)11-6-2-4-8-14(11)25-16(26)10-12-17(18(25)22)21(29)24-20(12)28/h2-10H,22H2,1H3,(H,23,27)(H,24,28,29). The lowest BCUT2D eigenvalue weighted by atomic mass is 10.1. The molecule has 9 heteroatoms. The van der Waals surface area contributed by atoms with Crippen LogP contribution in [-0.4, -0.2) is 29.4 Å². The van der Waals surface area contributed by atoms with Gasteiger partial charge in [0.2, 0.25) is 0 Å². The van der Waals surface area contributed by atoms with Crippen molar-refractivity contribution in [3.05, 3.63) is 81.6 Å². The SMILES string of the molecule is COc1ccccc1NC(=O)c1ccccc1-n1c(N)c2c(cc1=O)C(=O)NC2=O. The molecule has 4 rings (SSSR count). The number of imide groups is 1. The molecule has 0 fully saturated rings. The number of ether oxygens (including phenoxy) is 1. The van der Waals surface area contributed by atoms with Crippen LogP contribution in [-0.2, 0) is 0 Å². The number of aromatic nitrogens is 1. The minimum Gasteiger partial charge on any atom is -0.495 e. The Balaban J connectivity index is 1.83. The third kappa shape index (κ3) is 2.98. The molecule has 30 heavy (non-hydrogen) atoms. The van der Waals surface area contributed by atoms with Gasteiger partial charge in [0, 0.05) is 6.07 Å². The van der Waals surface area contributed by atoms with Gasteiger partial charge in [-0.15, -0.1) is 0 Å². The lowest BCUT2D eigenvalue weighted by molar-refractivity contribution is 0.0879. The minimum atomic E-state index is -0.697. The Kier molecular flexibility index (Phi) is 4.55. The second-order valence-corrected chi connectivity index (χ2v) is 6.45. The molecule has 4 N–H and O–H groups in total. The van der Waals surface area contributed by atoms with Crippen molar-refractivity contribution in [2.75, 3.05) is 18.2 Å². The van der Waals surface area contributed by atoms with E-state index < -0.39 is 23.3 Å². The van der Waals surface area contributed by atoms with Crippen LogP contribution in [0.25, 0.3) is 5.69 Å². The Morgan fingerprint density at radius 3 is 2.50 bits per heavy atom. The van der Waals surface area contributed by atoms with Crippen LogP contribution in [0.15, 0.2) is 59.4 Å². The number of nitrogens with zero attached hydrogens (tertiary/aromatic N) is 1. The number of anilines is 2. The molecule has 0 aliphatic carbocycles. The Morgan fingerprint density at radius 1 is 1.03 bits per heavy atom. The number of carbonyl (C=O) groups is 3. The molecule has 0 atom stereocenters. The number of benzene rings is 2. The Bertz CT molecular complexity index is 1280. The Morgan fingerprint density at radius 2 is 1.73 bits per heavy atom. The second-order valence-electron chi connectivity index (χ2n) is 6.45. The molecular formula is C21H16N4O5. The van der Waals surface area contributed by atoms with Crippen molar-refractivity contribution in [3.8, 4) is 11.4 Å². The van der Waals surface area contributed by atoms with Gasteiger partial charge < -0.3 is 15.8 Å². The number of nitrogens with two attached hydrogens (primary N) is 1. The average molecular weight is 404 g/mol. The predicted molar refractivity (Wildman–Crippen MR) is 109 cm³/mol. The van der Waals surface area contributed by atoms with E-state index in [0.717, 1.165) is 10.6 Å². The molecule has 9 nitrogen and oxygen atoms in total. The summed E-state index contributed by atoms with van der Waals surface area (Å²) in [6.45, 7) is 0. The number of methoxy groups -OCH3 is 1. The van der Waals surface area contributed by atoms with Gasteiger partial charge in [0.05, 0.1) is 35.2 Å². The zero-order valence-corrected chi connectivity index (χ0v) is 15.8. The summed E-state index contributed by atoms with van der Waals surface area (Å²) >= 11 is 0. The first-order valence-electron chi connectivity index (χ1n) is 8.87.